The summed E-state index contributed by atoms with van der Waals surface area (Å²) >= 11 is 0. The van der Waals surface area contributed by atoms with Crippen LogP contribution in [0.1, 0.15) is 13.8 Å². The van der Waals surface area contributed by atoms with Gasteiger partial charge in [-0.25, -0.2) is 4.39 Å². The Morgan fingerprint density at radius 3 is 1.86 bits per heavy atom. The zero-order chi connectivity index (χ0) is 11.5. The molecule has 0 heterocycles. The molecule has 0 aromatic carbocycles. The number of rotatable bonds is 3. The highest BCUT2D eigenvalue weighted by atomic mass is 19.4. The van der Waals surface area contributed by atoms with Gasteiger partial charge in [0.15, 0.2) is 0 Å². The van der Waals surface area contributed by atoms with Crippen molar-refractivity contribution in [3.8, 4) is 0 Å². The quantitative estimate of drug-likeness (QED) is 0.482. The van der Waals surface area contributed by atoms with E-state index in [-0.39, 0.29) is 5.57 Å². The number of hydrogen-bond donors (Lipinski definition) is 0. The summed E-state index contributed by atoms with van der Waals surface area (Å²) in [6.45, 7) is 8.86. The molecule has 0 nitrogen and oxygen atoms in total. The third kappa shape index (κ3) is 3.77. The van der Waals surface area contributed by atoms with Crippen LogP contribution in [0.15, 0.2) is 36.2 Å². The van der Waals surface area contributed by atoms with Crippen LogP contribution in [0.3, 0.4) is 0 Å². The second-order valence-electron chi connectivity index (χ2n) is 3.18. The molecule has 0 rings (SSSR count). The van der Waals surface area contributed by atoms with Crippen molar-refractivity contribution in [1.82, 2.24) is 0 Å². The first-order chi connectivity index (χ1) is 6.16. The predicted molar refractivity (Wildman–Crippen MR) is 48.4 cm³/mol. The van der Waals surface area contributed by atoms with Crippen molar-refractivity contribution in [1.29, 1.82) is 0 Å². The molecular weight excluding hydrogens is 196 g/mol. The van der Waals surface area contributed by atoms with Crippen molar-refractivity contribution in [2.24, 2.45) is 5.92 Å². The van der Waals surface area contributed by atoms with E-state index in [0.29, 0.717) is 0 Å². The first kappa shape index (κ1) is 12.9. The molecule has 4 heteroatoms. The van der Waals surface area contributed by atoms with E-state index in [2.05, 4.69) is 13.2 Å². The summed E-state index contributed by atoms with van der Waals surface area (Å²) in [5.41, 5.74) is -1.20. The minimum absolute atomic E-state index is 0.176. The summed E-state index contributed by atoms with van der Waals surface area (Å²) in [5.74, 6) is -1.35. The van der Waals surface area contributed by atoms with Crippen LogP contribution in [0.4, 0.5) is 17.6 Å². The molecule has 0 atom stereocenters. The van der Waals surface area contributed by atoms with Gasteiger partial charge in [0.05, 0.1) is 5.57 Å². The normalized spacial score (nSPS) is 13.2. The molecule has 0 amide bonds. The third-order valence-electron chi connectivity index (χ3n) is 1.62. The molecule has 0 fully saturated rings. The molecule has 0 aromatic rings. The van der Waals surface area contributed by atoms with E-state index in [9.17, 15) is 17.6 Å². The standard InChI is InChI=1S/C10H12F4/c1-6(2)9(5-7(3)11)8(4)10(12,13)14/h5-6H,3-4H2,1-2H3/b9-5-. The number of allylic oxidation sites excluding steroid dienone is 4. The molecule has 0 saturated heterocycles. The molecule has 0 spiro atoms. The Morgan fingerprint density at radius 2 is 1.64 bits per heavy atom. The first-order valence-corrected chi connectivity index (χ1v) is 3.98. The van der Waals surface area contributed by atoms with Crippen LogP contribution in [0.5, 0.6) is 0 Å². The fourth-order valence-corrected chi connectivity index (χ4v) is 0.935. The summed E-state index contributed by atoms with van der Waals surface area (Å²) < 4.78 is 49.0. The van der Waals surface area contributed by atoms with E-state index in [1.165, 1.54) is 13.8 Å². The average molecular weight is 208 g/mol. The Labute approximate surface area is 80.6 Å². The Hall–Kier alpha value is -1.06. The van der Waals surface area contributed by atoms with Gasteiger partial charge in [-0.2, -0.15) is 13.2 Å². The zero-order valence-corrected chi connectivity index (χ0v) is 8.08. The van der Waals surface area contributed by atoms with E-state index >= 15 is 0 Å². The maximum Gasteiger partial charge on any atom is 0.416 e. The van der Waals surface area contributed by atoms with Gasteiger partial charge in [0.2, 0.25) is 0 Å². The van der Waals surface area contributed by atoms with Crippen molar-refractivity contribution >= 4 is 0 Å². The number of alkyl halides is 3. The summed E-state index contributed by atoms with van der Waals surface area (Å²) in [5, 5.41) is 0. The fraction of sp³-hybridized carbons (Fsp3) is 0.400. The van der Waals surface area contributed by atoms with Gasteiger partial charge in [0, 0.05) is 0 Å². The van der Waals surface area contributed by atoms with Gasteiger partial charge in [0.1, 0.15) is 5.83 Å². The van der Waals surface area contributed by atoms with E-state index in [0.717, 1.165) is 6.08 Å². The lowest BCUT2D eigenvalue weighted by atomic mass is 9.95. The van der Waals surface area contributed by atoms with Crippen LogP contribution in [0, 0.1) is 5.92 Å². The Kier molecular flexibility index (Phi) is 4.10. The van der Waals surface area contributed by atoms with Crippen molar-refractivity contribution in [3.63, 3.8) is 0 Å². The number of hydrogen-bond acceptors (Lipinski definition) is 0. The van der Waals surface area contributed by atoms with Crippen molar-refractivity contribution in [2.75, 3.05) is 0 Å². The van der Waals surface area contributed by atoms with Crippen LogP contribution in [-0.4, -0.2) is 6.18 Å². The average Bonchev–Trinajstić information content (AvgIpc) is 1.96. The summed E-state index contributed by atoms with van der Waals surface area (Å²) in [4.78, 5) is 0. The van der Waals surface area contributed by atoms with Crippen molar-refractivity contribution < 1.29 is 17.6 Å². The highest BCUT2D eigenvalue weighted by Gasteiger charge is 2.34. The van der Waals surface area contributed by atoms with Gasteiger partial charge < -0.3 is 0 Å². The smallest absolute Gasteiger partial charge is 0.208 e. The van der Waals surface area contributed by atoms with Gasteiger partial charge in [-0.05, 0) is 17.6 Å². The molecule has 0 N–H and O–H groups in total. The van der Waals surface area contributed by atoms with E-state index in [1.807, 2.05) is 0 Å². The predicted octanol–water partition coefficient (Wildman–Crippen LogP) is 4.17. The highest BCUT2D eigenvalue weighted by Crippen LogP contribution is 2.33. The molecule has 0 aromatic heterocycles. The minimum atomic E-state index is -4.52. The Morgan fingerprint density at radius 1 is 1.21 bits per heavy atom. The Bertz CT molecular complexity index is 268. The van der Waals surface area contributed by atoms with Gasteiger partial charge in [-0.15, -0.1) is 0 Å². The lowest BCUT2D eigenvalue weighted by molar-refractivity contribution is -0.0896. The van der Waals surface area contributed by atoms with Crippen LogP contribution >= 0.6 is 0 Å². The molecule has 0 aliphatic rings. The maximum absolute atomic E-state index is 12.4. The summed E-state index contributed by atoms with van der Waals surface area (Å²) in [7, 11) is 0. The second-order valence-corrected chi connectivity index (χ2v) is 3.18. The van der Waals surface area contributed by atoms with E-state index < -0.39 is 23.5 Å². The number of halogens is 4. The molecule has 14 heavy (non-hydrogen) atoms. The molecular formula is C10H12F4. The second kappa shape index (κ2) is 4.44. The summed E-state index contributed by atoms with van der Waals surface area (Å²) in [6, 6.07) is 0. The van der Waals surface area contributed by atoms with E-state index in [1.54, 1.807) is 0 Å². The molecule has 0 aliphatic carbocycles. The summed E-state index contributed by atoms with van der Waals surface area (Å²) in [6.07, 6.45) is -3.76. The zero-order valence-electron chi connectivity index (χ0n) is 8.08. The van der Waals surface area contributed by atoms with E-state index in [4.69, 9.17) is 0 Å². The lowest BCUT2D eigenvalue weighted by Gasteiger charge is -2.16. The van der Waals surface area contributed by atoms with Crippen molar-refractivity contribution in [3.05, 3.63) is 36.2 Å². The molecule has 0 aliphatic heterocycles. The molecule has 0 radical (unpaired) electrons. The van der Waals surface area contributed by atoms with Gasteiger partial charge in [0.25, 0.3) is 0 Å². The molecule has 0 saturated carbocycles. The first-order valence-electron chi connectivity index (χ1n) is 3.98. The monoisotopic (exact) mass is 208 g/mol. The molecule has 80 valence electrons. The lowest BCUT2D eigenvalue weighted by Crippen LogP contribution is -2.15. The van der Waals surface area contributed by atoms with Crippen molar-refractivity contribution in [2.45, 2.75) is 20.0 Å². The fourth-order valence-electron chi connectivity index (χ4n) is 0.935. The third-order valence-corrected chi connectivity index (χ3v) is 1.62. The largest absolute Gasteiger partial charge is 0.416 e. The van der Waals surface area contributed by atoms with Crippen LogP contribution in [0.25, 0.3) is 0 Å². The highest BCUT2D eigenvalue weighted by molar-refractivity contribution is 5.37. The van der Waals surface area contributed by atoms with Crippen LogP contribution < -0.4 is 0 Å². The minimum Gasteiger partial charge on any atom is -0.208 e. The Balaban J connectivity index is 5.06. The molecule has 0 bridgehead atoms. The van der Waals surface area contributed by atoms with Gasteiger partial charge in [-0.1, -0.05) is 27.0 Å². The van der Waals surface area contributed by atoms with Crippen LogP contribution in [0.2, 0.25) is 0 Å². The van der Waals surface area contributed by atoms with Crippen LogP contribution in [-0.2, 0) is 0 Å². The molecule has 0 unspecified atom stereocenters. The maximum atomic E-state index is 12.4. The topological polar surface area (TPSA) is 0 Å². The van der Waals surface area contributed by atoms with Gasteiger partial charge >= 0.3 is 6.18 Å². The SMILES string of the molecule is C=C(F)/C=C(\C(=C)C(F)(F)F)C(C)C. The van der Waals surface area contributed by atoms with Gasteiger partial charge in [-0.3, -0.25) is 0 Å².